The van der Waals surface area contributed by atoms with E-state index >= 15 is 0 Å². The fraction of sp³-hybridized carbons (Fsp3) is 0.250. The van der Waals surface area contributed by atoms with E-state index in [4.69, 9.17) is 0 Å². The van der Waals surface area contributed by atoms with Crippen molar-refractivity contribution in [1.29, 1.82) is 0 Å². The molecule has 0 radical (unpaired) electrons. The summed E-state index contributed by atoms with van der Waals surface area (Å²) in [6.07, 6.45) is 1.23. The predicted molar refractivity (Wildman–Crippen MR) is 71.1 cm³/mol. The zero-order chi connectivity index (χ0) is 13.2. The van der Waals surface area contributed by atoms with Crippen molar-refractivity contribution < 1.29 is 4.79 Å². The third-order valence-electron chi connectivity index (χ3n) is 2.44. The van der Waals surface area contributed by atoms with Crippen LogP contribution in [0.3, 0.4) is 0 Å². The molecule has 0 bridgehead atoms. The van der Waals surface area contributed by atoms with Crippen LogP contribution in [0.2, 0.25) is 0 Å². The summed E-state index contributed by atoms with van der Waals surface area (Å²) < 4.78 is 0. The van der Waals surface area contributed by atoms with Crippen LogP contribution in [0.25, 0.3) is 10.7 Å². The van der Waals surface area contributed by atoms with Gasteiger partial charge < -0.3 is 5.32 Å². The minimum atomic E-state index is -0.617. The number of aromatic nitrogens is 3. The molecule has 2 rings (SSSR count). The van der Waals surface area contributed by atoms with Gasteiger partial charge in [-0.1, -0.05) is 12.6 Å². The number of nitrogens with one attached hydrogen (secondary N) is 2. The van der Waals surface area contributed by atoms with Crippen LogP contribution >= 0.6 is 11.3 Å². The van der Waals surface area contributed by atoms with Crippen molar-refractivity contribution in [2.75, 3.05) is 0 Å². The van der Waals surface area contributed by atoms with Crippen molar-refractivity contribution in [2.45, 2.75) is 19.4 Å². The van der Waals surface area contributed by atoms with E-state index in [0.29, 0.717) is 11.6 Å². The molecule has 0 saturated heterocycles. The molecule has 18 heavy (non-hydrogen) atoms. The lowest BCUT2D eigenvalue weighted by atomic mass is 10.1. The zero-order valence-corrected chi connectivity index (χ0v) is 11.0. The van der Waals surface area contributed by atoms with E-state index in [2.05, 4.69) is 27.1 Å². The van der Waals surface area contributed by atoms with E-state index in [1.165, 1.54) is 6.08 Å². The van der Waals surface area contributed by atoms with Gasteiger partial charge in [-0.25, -0.2) is 4.98 Å². The summed E-state index contributed by atoms with van der Waals surface area (Å²) in [6.45, 7) is 7.14. The highest BCUT2D eigenvalue weighted by atomic mass is 32.1. The van der Waals surface area contributed by atoms with Crippen molar-refractivity contribution in [1.82, 2.24) is 20.5 Å². The topological polar surface area (TPSA) is 70.7 Å². The van der Waals surface area contributed by atoms with Crippen LogP contribution in [-0.4, -0.2) is 21.1 Å². The van der Waals surface area contributed by atoms with Crippen LogP contribution in [-0.2, 0) is 10.3 Å². The van der Waals surface area contributed by atoms with Gasteiger partial charge in [0.1, 0.15) is 5.82 Å². The third-order valence-corrected chi connectivity index (χ3v) is 3.31. The number of hydrogen-bond donors (Lipinski definition) is 2. The van der Waals surface area contributed by atoms with E-state index in [1.54, 1.807) is 11.3 Å². The van der Waals surface area contributed by atoms with E-state index in [1.807, 2.05) is 31.4 Å². The molecular formula is C12H14N4OS. The lowest BCUT2D eigenvalue weighted by molar-refractivity contribution is -0.118. The lowest BCUT2D eigenvalue weighted by Gasteiger charge is -2.22. The normalized spacial score (nSPS) is 11.2. The predicted octanol–water partition coefficient (Wildman–Crippen LogP) is 2.07. The molecule has 0 aliphatic rings. The lowest BCUT2D eigenvalue weighted by Crippen LogP contribution is -2.41. The van der Waals surface area contributed by atoms with E-state index in [0.717, 1.165) is 4.88 Å². The van der Waals surface area contributed by atoms with Gasteiger partial charge in [0.05, 0.1) is 10.4 Å². The van der Waals surface area contributed by atoms with Crippen molar-refractivity contribution in [3.8, 4) is 10.7 Å². The first kappa shape index (κ1) is 12.5. The Morgan fingerprint density at radius 3 is 3.00 bits per heavy atom. The number of rotatable bonds is 4. The van der Waals surface area contributed by atoms with Crippen LogP contribution in [0.15, 0.2) is 30.2 Å². The number of carbonyl (C=O) groups is 1. The summed E-state index contributed by atoms with van der Waals surface area (Å²) in [4.78, 5) is 16.7. The standard InChI is InChI=1S/C12H14N4OS/c1-4-9(17)14-12(2,3)11-13-10(15-16-11)8-6-5-7-18-8/h4-7H,1H2,2-3H3,(H,14,17)(H,13,15,16). The highest BCUT2D eigenvalue weighted by Gasteiger charge is 2.26. The van der Waals surface area contributed by atoms with Gasteiger partial charge in [-0.2, -0.15) is 5.10 Å². The van der Waals surface area contributed by atoms with Gasteiger partial charge in [0, 0.05) is 0 Å². The maximum absolute atomic E-state index is 11.3. The van der Waals surface area contributed by atoms with Crippen molar-refractivity contribution in [2.24, 2.45) is 0 Å². The molecule has 2 aromatic rings. The largest absolute Gasteiger partial charge is 0.340 e. The van der Waals surface area contributed by atoms with Gasteiger partial charge in [0.25, 0.3) is 0 Å². The molecule has 0 aliphatic carbocycles. The molecule has 2 heterocycles. The first-order chi connectivity index (χ1) is 8.53. The summed E-state index contributed by atoms with van der Waals surface area (Å²) in [5, 5.41) is 11.8. The summed E-state index contributed by atoms with van der Waals surface area (Å²) in [6, 6.07) is 3.90. The molecule has 0 aliphatic heterocycles. The summed E-state index contributed by atoms with van der Waals surface area (Å²) >= 11 is 1.57. The van der Waals surface area contributed by atoms with E-state index in [9.17, 15) is 4.79 Å². The third kappa shape index (κ3) is 2.48. The molecule has 1 amide bonds. The van der Waals surface area contributed by atoms with Crippen LogP contribution in [0.4, 0.5) is 0 Å². The number of carbonyl (C=O) groups excluding carboxylic acids is 1. The number of amides is 1. The van der Waals surface area contributed by atoms with Gasteiger partial charge >= 0.3 is 0 Å². The number of thiophene rings is 1. The zero-order valence-electron chi connectivity index (χ0n) is 10.2. The Morgan fingerprint density at radius 2 is 2.39 bits per heavy atom. The first-order valence-corrected chi connectivity index (χ1v) is 6.32. The molecule has 94 valence electrons. The molecule has 2 N–H and O–H groups in total. The van der Waals surface area contributed by atoms with Gasteiger partial charge in [-0.05, 0) is 31.4 Å². The molecule has 0 saturated carbocycles. The number of H-pyrrole nitrogens is 1. The highest BCUT2D eigenvalue weighted by molar-refractivity contribution is 7.13. The van der Waals surface area contributed by atoms with Crippen LogP contribution in [0, 0.1) is 0 Å². The number of aromatic amines is 1. The molecule has 0 spiro atoms. The molecule has 5 nitrogen and oxygen atoms in total. The molecule has 0 atom stereocenters. The van der Waals surface area contributed by atoms with Gasteiger partial charge in [0.2, 0.25) is 5.91 Å². The fourth-order valence-corrected chi connectivity index (χ4v) is 2.13. The van der Waals surface area contributed by atoms with Crippen molar-refractivity contribution in [3.63, 3.8) is 0 Å². The second-order valence-corrected chi connectivity index (χ2v) is 5.25. The molecular weight excluding hydrogens is 248 g/mol. The number of hydrogen-bond acceptors (Lipinski definition) is 4. The maximum atomic E-state index is 11.3. The Bertz CT molecular complexity index is 556. The summed E-state index contributed by atoms with van der Waals surface area (Å²) in [5.74, 6) is 1.01. The second kappa shape index (κ2) is 4.73. The fourth-order valence-electron chi connectivity index (χ4n) is 1.48. The molecule has 0 unspecified atom stereocenters. The number of nitrogens with zero attached hydrogens (tertiary/aromatic N) is 2. The monoisotopic (exact) mass is 262 g/mol. The quantitative estimate of drug-likeness (QED) is 0.829. The van der Waals surface area contributed by atoms with Crippen LogP contribution < -0.4 is 5.32 Å². The van der Waals surface area contributed by atoms with Gasteiger partial charge in [-0.3, -0.25) is 9.89 Å². The Labute approximate surface area is 109 Å². The Balaban J connectivity index is 2.24. The first-order valence-electron chi connectivity index (χ1n) is 5.44. The molecule has 0 aromatic carbocycles. The van der Waals surface area contributed by atoms with Crippen molar-refractivity contribution in [3.05, 3.63) is 36.0 Å². The average Bonchev–Trinajstić information content (AvgIpc) is 2.98. The Hall–Kier alpha value is -1.95. The minimum absolute atomic E-state index is 0.242. The van der Waals surface area contributed by atoms with Crippen LogP contribution in [0.5, 0.6) is 0 Å². The minimum Gasteiger partial charge on any atom is -0.340 e. The summed E-state index contributed by atoms with van der Waals surface area (Å²) in [7, 11) is 0. The Morgan fingerprint density at radius 1 is 1.61 bits per heavy atom. The second-order valence-electron chi connectivity index (χ2n) is 4.30. The maximum Gasteiger partial charge on any atom is 0.244 e. The molecule has 6 heteroatoms. The smallest absolute Gasteiger partial charge is 0.244 e. The molecule has 0 fully saturated rings. The highest BCUT2D eigenvalue weighted by Crippen LogP contribution is 2.23. The van der Waals surface area contributed by atoms with E-state index in [-0.39, 0.29) is 5.91 Å². The molecule has 2 aromatic heterocycles. The van der Waals surface area contributed by atoms with Gasteiger partial charge in [-0.15, -0.1) is 11.3 Å². The van der Waals surface area contributed by atoms with Gasteiger partial charge in [0.15, 0.2) is 5.82 Å². The van der Waals surface area contributed by atoms with Crippen LogP contribution in [0.1, 0.15) is 19.7 Å². The van der Waals surface area contributed by atoms with Crippen molar-refractivity contribution >= 4 is 17.2 Å². The Kier molecular flexibility index (Phi) is 3.29. The summed E-state index contributed by atoms with van der Waals surface area (Å²) in [5.41, 5.74) is -0.617. The SMILES string of the molecule is C=CC(=O)NC(C)(C)c1nc(-c2cccs2)n[nH]1. The average molecular weight is 262 g/mol. The van der Waals surface area contributed by atoms with E-state index < -0.39 is 5.54 Å².